The summed E-state index contributed by atoms with van der Waals surface area (Å²) in [6.45, 7) is 1.96. The fraction of sp³-hybridized carbons (Fsp3) is 0.214. The van der Waals surface area contributed by atoms with Gasteiger partial charge in [-0.3, -0.25) is 4.79 Å². The van der Waals surface area contributed by atoms with Crippen LogP contribution < -0.4 is 11.1 Å². The van der Waals surface area contributed by atoms with Gasteiger partial charge >= 0.3 is 0 Å². The Morgan fingerprint density at radius 2 is 1.94 bits per heavy atom. The molecule has 0 bridgehead atoms. The summed E-state index contributed by atoms with van der Waals surface area (Å²) in [4.78, 5) is 13.1. The van der Waals surface area contributed by atoms with E-state index in [4.69, 9.17) is 5.73 Å². The van der Waals surface area contributed by atoms with Crippen molar-refractivity contribution in [1.82, 2.24) is 5.32 Å². The number of benzene rings is 1. The highest BCUT2D eigenvalue weighted by atomic mass is 32.1. The summed E-state index contributed by atoms with van der Waals surface area (Å²) in [7, 11) is 0. The number of hydrogen-bond donors (Lipinski definition) is 2. The van der Waals surface area contributed by atoms with E-state index < -0.39 is 6.04 Å². The van der Waals surface area contributed by atoms with Gasteiger partial charge in [0, 0.05) is 4.88 Å². The average Bonchev–Trinajstić information content (AvgIpc) is 2.92. The summed E-state index contributed by atoms with van der Waals surface area (Å²) in [5, 5.41) is 4.92. The monoisotopic (exact) mass is 260 g/mol. The highest BCUT2D eigenvalue weighted by molar-refractivity contribution is 7.10. The number of rotatable bonds is 4. The van der Waals surface area contributed by atoms with Gasteiger partial charge in [-0.05, 0) is 23.9 Å². The lowest BCUT2D eigenvalue weighted by atomic mass is 10.1. The summed E-state index contributed by atoms with van der Waals surface area (Å²) in [5.41, 5.74) is 6.76. The molecule has 0 fully saturated rings. The first kappa shape index (κ1) is 12.8. The molecule has 0 saturated carbocycles. The molecular formula is C14H16N2OS. The van der Waals surface area contributed by atoms with Crippen LogP contribution in [-0.4, -0.2) is 5.91 Å². The van der Waals surface area contributed by atoms with E-state index in [2.05, 4.69) is 5.32 Å². The summed E-state index contributed by atoms with van der Waals surface area (Å²) in [6.07, 6.45) is 0. The fourth-order valence-electron chi connectivity index (χ4n) is 1.72. The van der Waals surface area contributed by atoms with Crippen molar-refractivity contribution in [2.45, 2.75) is 19.0 Å². The molecule has 0 aliphatic rings. The fourth-order valence-corrected chi connectivity index (χ4v) is 2.46. The van der Waals surface area contributed by atoms with Crippen LogP contribution >= 0.6 is 11.3 Å². The van der Waals surface area contributed by atoms with Crippen molar-refractivity contribution >= 4 is 17.2 Å². The first-order chi connectivity index (χ1) is 8.68. The van der Waals surface area contributed by atoms with Crippen LogP contribution in [0.2, 0.25) is 0 Å². The Kier molecular flexibility index (Phi) is 4.12. The molecule has 18 heavy (non-hydrogen) atoms. The first-order valence-electron chi connectivity index (χ1n) is 5.83. The Morgan fingerprint density at radius 1 is 1.22 bits per heavy atom. The van der Waals surface area contributed by atoms with Gasteiger partial charge < -0.3 is 11.1 Å². The number of nitrogens with two attached hydrogens (primary N) is 1. The third-order valence-corrected chi connectivity index (χ3v) is 3.82. The lowest BCUT2D eigenvalue weighted by Gasteiger charge is -2.16. The van der Waals surface area contributed by atoms with E-state index in [-0.39, 0.29) is 11.9 Å². The van der Waals surface area contributed by atoms with Crippen LogP contribution in [0.25, 0.3) is 0 Å². The van der Waals surface area contributed by atoms with E-state index in [1.807, 2.05) is 54.8 Å². The van der Waals surface area contributed by atoms with Crippen molar-refractivity contribution in [3.8, 4) is 0 Å². The van der Waals surface area contributed by atoms with Crippen LogP contribution in [0.1, 0.15) is 29.4 Å². The Bertz CT molecular complexity index is 496. The number of carbonyl (C=O) groups excluding carboxylic acids is 1. The van der Waals surface area contributed by atoms with E-state index in [0.717, 1.165) is 10.4 Å². The molecule has 1 aromatic carbocycles. The molecule has 2 rings (SSSR count). The van der Waals surface area contributed by atoms with Crippen molar-refractivity contribution in [2.75, 3.05) is 0 Å². The predicted octanol–water partition coefficient (Wildman–Crippen LogP) is 2.63. The van der Waals surface area contributed by atoms with Gasteiger partial charge in [-0.25, -0.2) is 0 Å². The Labute approximate surface area is 111 Å². The van der Waals surface area contributed by atoms with Gasteiger partial charge in [-0.2, -0.15) is 0 Å². The molecule has 94 valence electrons. The molecule has 0 aliphatic heterocycles. The van der Waals surface area contributed by atoms with E-state index in [0.29, 0.717) is 0 Å². The second-order valence-corrected chi connectivity index (χ2v) is 5.11. The lowest BCUT2D eigenvalue weighted by Crippen LogP contribution is -2.35. The SMILES string of the molecule is C[C@@H](NC(=O)[C@@H](N)c1ccccc1)c1cccs1. The lowest BCUT2D eigenvalue weighted by molar-refractivity contribution is -0.123. The van der Waals surface area contributed by atoms with Gasteiger partial charge in [0.15, 0.2) is 0 Å². The molecule has 0 radical (unpaired) electrons. The summed E-state index contributed by atoms with van der Waals surface area (Å²) < 4.78 is 0. The largest absolute Gasteiger partial charge is 0.347 e. The third-order valence-electron chi connectivity index (χ3n) is 2.77. The maximum absolute atomic E-state index is 12.0. The van der Waals surface area contributed by atoms with Gasteiger partial charge in [0.1, 0.15) is 6.04 Å². The number of carbonyl (C=O) groups is 1. The zero-order chi connectivity index (χ0) is 13.0. The van der Waals surface area contributed by atoms with Crippen LogP contribution in [0.3, 0.4) is 0 Å². The third kappa shape index (κ3) is 2.97. The molecule has 0 unspecified atom stereocenters. The van der Waals surface area contributed by atoms with Crippen molar-refractivity contribution in [1.29, 1.82) is 0 Å². The number of nitrogens with one attached hydrogen (secondary N) is 1. The molecule has 3 nitrogen and oxygen atoms in total. The molecule has 1 amide bonds. The minimum absolute atomic E-state index is 0.00716. The number of hydrogen-bond acceptors (Lipinski definition) is 3. The molecular weight excluding hydrogens is 244 g/mol. The van der Waals surface area contributed by atoms with Gasteiger partial charge in [-0.1, -0.05) is 36.4 Å². The van der Waals surface area contributed by atoms with Crippen LogP contribution in [0, 0.1) is 0 Å². The van der Waals surface area contributed by atoms with Crippen LogP contribution in [0.4, 0.5) is 0 Å². The quantitative estimate of drug-likeness (QED) is 0.888. The maximum atomic E-state index is 12.0. The Morgan fingerprint density at radius 3 is 2.56 bits per heavy atom. The minimum Gasteiger partial charge on any atom is -0.347 e. The molecule has 2 atom stereocenters. The molecule has 0 saturated heterocycles. The Balaban J connectivity index is 2.00. The van der Waals surface area contributed by atoms with Crippen LogP contribution in [0.5, 0.6) is 0 Å². The zero-order valence-corrected chi connectivity index (χ0v) is 11.0. The van der Waals surface area contributed by atoms with E-state index >= 15 is 0 Å². The second kappa shape index (κ2) is 5.80. The van der Waals surface area contributed by atoms with Gasteiger partial charge in [0.2, 0.25) is 5.91 Å². The summed E-state index contributed by atoms with van der Waals surface area (Å²) in [5.74, 6) is -0.151. The maximum Gasteiger partial charge on any atom is 0.242 e. The predicted molar refractivity (Wildman–Crippen MR) is 74.2 cm³/mol. The number of thiophene rings is 1. The molecule has 3 N–H and O–H groups in total. The second-order valence-electron chi connectivity index (χ2n) is 4.13. The molecule has 4 heteroatoms. The van der Waals surface area contributed by atoms with E-state index in [1.54, 1.807) is 11.3 Å². The van der Waals surface area contributed by atoms with Crippen LogP contribution in [-0.2, 0) is 4.79 Å². The smallest absolute Gasteiger partial charge is 0.242 e. The van der Waals surface area contributed by atoms with Crippen molar-refractivity contribution in [3.63, 3.8) is 0 Å². The standard InChI is InChI=1S/C14H16N2OS/c1-10(12-8-5-9-18-12)16-14(17)13(15)11-6-3-2-4-7-11/h2-10,13H,15H2,1H3,(H,16,17)/t10-,13+/m1/s1. The van der Waals surface area contributed by atoms with Crippen molar-refractivity contribution in [3.05, 3.63) is 58.3 Å². The van der Waals surface area contributed by atoms with Gasteiger partial charge in [0.05, 0.1) is 6.04 Å². The van der Waals surface area contributed by atoms with Gasteiger partial charge in [-0.15, -0.1) is 11.3 Å². The minimum atomic E-state index is -0.617. The van der Waals surface area contributed by atoms with Crippen molar-refractivity contribution < 1.29 is 4.79 Å². The summed E-state index contributed by atoms with van der Waals surface area (Å²) in [6, 6.07) is 12.7. The molecule has 1 aromatic heterocycles. The molecule has 0 aliphatic carbocycles. The Hall–Kier alpha value is -1.65. The molecule has 2 aromatic rings. The van der Waals surface area contributed by atoms with E-state index in [9.17, 15) is 4.79 Å². The molecule has 0 spiro atoms. The normalized spacial score (nSPS) is 13.9. The zero-order valence-electron chi connectivity index (χ0n) is 10.2. The highest BCUT2D eigenvalue weighted by Gasteiger charge is 2.18. The molecule has 1 heterocycles. The highest BCUT2D eigenvalue weighted by Crippen LogP contribution is 2.19. The van der Waals surface area contributed by atoms with Gasteiger partial charge in [0.25, 0.3) is 0 Å². The average molecular weight is 260 g/mol. The topological polar surface area (TPSA) is 55.1 Å². The van der Waals surface area contributed by atoms with Crippen molar-refractivity contribution in [2.24, 2.45) is 5.73 Å². The first-order valence-corrected chi connectivity index (χ1v) is 6.71. The van der Waals surface area contributed by atoms with Crippen LogP contribution in [0.15, 0.2) is 47.8 Å². The van der Waals surface area contributed by atoms with E-state index in [1.165, 1.54) is 0 Å². The summed E-state index contributed by atoms with van der Waals surface area (Å²) >= 11 is 1.62. The number of amides is 1.